The van der Waals surface area contributed by atoms with Gasteiger partial charge in [-0.15, -0.1) is 0 Å². The summed E-state index contributed by atoms with van der Waals surface area (Å²) in [6.45, 7) is 1.80. The molecule has 0 bridgehead atoms. The van der Waals surface area contributed by atoms with Crippen LogP contribution < -0.4 is 5.73 Å². The minimum Gasteiger partial charge on any atom is -0.328 e. The molecule has 0 fully saturated rings. The first-order valence-electron chi connectivity index (χ1n) is 4.65. The lowest BCUT2D eigenvalue weighted by molar-refractivity contribution is 0.566. The van der Waals surface area contributed by atoms with E-state index in [0.717, 1.165) is 6.26 Å². The molecule has 0 heterocycles. The Hall–Kier alpha value is -0.460. The summed E-state index contributed by atoms with van der Waals surface area (Å²) in [6.07, 6.45) is 1.47. The van der Waals surface area contributed by atoms with Crippen LogP contribution >= 0.6 is 15.9 Å². The number of rotatable bonds is 3. The number of hydrogen-bond acceptors (Lipinski definition) is 3. The predicted octanol–water partition coefficient (Wildman–Crippen LogP) is 1.88. The van der Waals surface area contributed by atoms with Gasteiger partial charge in [0.2, 0.25) is 0 Å². The number of sulfone groups is 1. The zero-order chi connectivity index (χ0) is 12.5. The smallest absolute Gasteiger partial charge is 0.179 e. The summed E-state index contributed by atoms with van der Waals surface area (Å²) >= 11 is 3.06. The second-order valence-corrected chi connectivity index (χ2v) is 6.65. The topological polar surface area (TPSA) is 60.2 Å². The molecule has 90 valence electrons. The first kappa shape index (κ1) is 13.6. The van der Waals surface area contributed by atoms with Crippen LogP contribution in [-0.2, 0) is 16.3 Å². The number of hydrogen-bond donors (Lipinski definition) is 1. The van der Waals surface area contributed by atoms with E-state index in [2.05, 4.69) is 15.9 Å². The van der Waals surface area contributed by atoms with Crippen LogP contribution in [0.15, 0.2) is 21.5 Å². The van der Waals surface area contributed by atoms with Crippen molar-refractivity contribution in [3.8, 4) is 0 Å². The molecule has 1 rings (SSSR count). The second-order valence-electron chi connectivity index (χ2n) is 3.84. The molecule has 1 aromatic rings. The van der Waals surface area contributed by atoms with Gasteiger partial charge in [-0.25, -0.2) is 12.8 Å². The lowest BCUT2D eigenvalue weighted by atomic mass is 10.1. The fourth-order valence-electron chi connectivity index (χ4n) is 1.46. The van der Waals surface area contributed by atoms with Crippen molar-refractivity contribution < 1.29 is 12.8 Å². The SMILES string of the molecule is CC(N)Cc1cc(F)c(S(C)(=O)=O)c(Br)c1. The zero-order valence-electron chi connectivity index (χ0n) is 9.00. The molecule has 0 amide bonds. The maximum Gasteiger partial charge on any atom is 0.179 e. The fourth-order valence-corrected chi connectivity index (χ4v) is 3.65. The van der Waals surface area contributed by atoms with E-state index in [1.807, 2.05) is 0 Å². The molecule has 0 saturated carbocycles. The molecule has 1 unspecified atom stereocenters. The van der Waals surface area contributed by atoms with Gasteiger partial charge < -0.3 is 5.73 Å². The summed E-state index contributed by atoms with van der Waals surface area (Å²) in [5.41, 5.74) is 6.27. The summed E-state index contributed by atoms with van der Waals surface area (Å²) in [7, 11) is -3.56. The Labute approximate surface area is 103 Å². The normalized spacial score (nSPS) is 13.8. The minimum atomic E-state index is -3.56. The quantitative estimate of drug-likeness (QED) is 0.927. The number of halogens is 2. The van der Waals surface area contributed by atoms with Crippen LogP contribution in [0.25, 0.3) is 0 Å². The van der Waals surface area contributed by atoms with E-state index >= 15 is 0 Å². The molecule has 0 aromatic heterocycles. The highest BCUT2D eigenvalue weighted by atomic mass is 79.9. The monoisotopic (exact) mass is 309 g/mol. The van der Waals surface area contributed by atoms with Gasteiger partial charge in [-0.1, -0.05) is 0 Å². The van der Waals surface area contributed by atoms with Crippen LogP contribution in [0.2, 0.25) is 0 Å². The highest BCUT2D eigenvalue weighted by Gasteiger charge is 2.18. The molecule has 0 aliphatic rings. The van der Waals surface area contributed by atoms with Crippen LogP contribution in [0.4, 0.5) is 4.39 Å². The lowest BCUT2D eigenvalue weighted by Crippen LogP contribution is -2.18. The van der Waals surface area contributed by atoms with Gasteiger partial charge in [-0.3, -0.25) is 0 Å². The van der Waals surface area contributed by atoms with Crippen molar-refractivity contribution in [2.45, 2.75) is 24.3 Å². The molecular weight excluding hydrogens is 297 g/mol. The van der Waals surface area contributed by atoms with E-state index in [9.17, 15) is 12.8 Å². The van der Waals surface area contributed by atoms with E-state index in [1.54, 1.807) is 13.0 Å². The largest absolute Gasteiger partial charge is 0.328 e. The van der Waals surface area contributed by atoms with Crippen LogP contribution in [0.1, 0.15) is 12.5 Å². The summed E-state index contributed by atoms with van der Waals surface area (Å²) in [5, 5.41) is 0. The molecule has 1 aromatic carbocycles. The van der Waals surface area contributed by atoms with E-state index in [0.29, 0.717) is 12.0 Å². The van der Waals surface area contributed by atoms with E-state index in [1.165, 1.54) is 6.07 Å². The Balaban J connectivity index is 3.29. The first-order valence-corrected chi connectivity index (χ1v) is 7.34. The van der Waals surface area contributed by atoms with Crippen molar-refractivity contribution in [3.63, 3.8) is 0 Å². The van der Waals surface area contributed by atoms with E-state index in [4.69, 9.17) is 5.73 Å². The lowest BCUT2D eigenvalue weighted by Gasteiger charge is -2.09. The molecule has 0 spiro atoms. The third-order valence-corrected chi connectivity index (χ3v) is 4.03. The van der Waals surface area contributed by atoms with Gasteiger partial charge in [0.25, 0.3) is 0 Å². The van der Waals surface area contributed by atoms with Crippen LogP contribution in [-0.4, -0.2) is 20.7 Å². The van der Waals surface area contributed by atoms with Crippen LogP contribution in [0.3, 0.4) is 0 Å². The van der Waals surface area contributed by atoms with E-state index < -0.39 is 15.7 Å². The van der Waals surface area contributed by atoms with Gasteiger partial charge in [-0.2, -0.15) is 0 Å². The Bertz CT molecular complexity index is 477. The summed E-state index contributed by atoms with van der Waals surface area (Å²) in [5.74, 6) is -0.743. The van der Waals surface area contributed by atoms with Crippen molar-refractivity contribution in [2.75, 3.05) is 6.26 Å². The van der Waals surface area contributed by atoms with Gasteiger partial charge in [0.1, 0.15) is 10.7 Å². The molecule has 2 N–H and O–H groups in total. The number of nitrogens with two attached hydrogens (primary N) is 1. The van der Waals surface area contributed by atoms with Crippen LogP contribution in [0.5, 0.6) is 0 Å². The third kappa shape index (κ3) is 3.26. The summed E-state index contributed by atoms with van der Waals surface area (Å²) in [4.78, 5) is -0.305. The van der Waals surface area contributed by atoms with E-state index in [-0.39, 0.29) is 15.4 Å². The van der Waals surface area contributed by atoms with Gasteiger partial charge in [-0.05, 0) is 47.0 Å². The first-order chi connectivity index (χ1) is 7.21. The molecule has 0 radical (unpaired) electrons. The Kier molecular flexibility index (Phi) is 4.09. The molecular formula is C10H13BrFNO2S. The standard InChI is InChI=1S/C10H13BrFNO2S/c1-6(13)3-7-4-8(11)10(9(12)5-7)16(2,14)15/h4-6H,3,13H2,1-2H3. The highest BCUT2D eigenvalue weighted by Crippen LogP contribution is 2.26. The fraction of sp³-hybridized carbons (Fsp3) is 0.400. The third-order valence-electron chi connectivity index (χ3n) is 1.99. The number of benzene rings is 1. The predicted molar refractivity (Wildman–Crippen MR) is 64.6 cm³/mol. The van der Waals surface area contributed by atoms with Crippen molar-refractivity contribution in [2.24, 2.45) is 5.73 Å². The summed E-state index contributed by atoms with van der Waals surface area (Å²) < 4.78 is 36.5. The van der Waals surface area contributed by atoms with Crippen molar-refractivity contribution in [1.82, 2.24) is 0 Å². The average molecular weight is 310 g/mol. The Morgan fingerprint density at radius 3 is 2.44 bits per heavy atom. The van der Waals surface area contributed by atoms with Crippen molar-refractivity contribution >= 4 is 25.8 Å². The molecule has 0 saturated heterocycles. The van der Waals surface area contributed by atoms with Gasteiger partial charge in [0.05, 0.1) is 0 Å². The van der Waals surface area contributed by atoms with Crippen LogP contribution in [0, 0.1) is 5.82 Å². The van der Waals surface area contributed by atoms with Crippen molar-refractivity contribution in [1.29, 1.82) is 0 Å². The van der Waals surface area contributed by atoms with Gasteiger partial charge >= 0.3 is 0 Å². The van der Waals surface area contributed by atoms with Gasteiger partial charge in [0, 0.05) is 16.8 Å². The molecule has 0 aliphatic carbocycles. The highest BCUT2D eigenvalue weighted by molar-refractivity contribution is 9.10. The molecule has 6 heteroatoms. The van der Waals surface area contributed by atoms with Gasteiger partial charge in [0.15, 0.2) is 9.84 Å². The molecule has 16 heavy (non-hydrogen) atoms. The summed E-state index contributed by atoms with van der Waals surface area (Å²) in [6, 6.07) is 2.70. The maximum absolute atomic E-state index is 13.6. The average Bonchev–Trinajstić information content (AvgIpc) is 1.96. The molecule has 3 nitrogen and oxygen atoms in total. The zero-order valence-corrected chi connectivity index (χ0v) is 11.4. The maximum atomic E-state index is 13.6. The Morgan fingerprint density at radius 2 is 2.06 bits per heavy atom. The Morgan fingerprint density at radius 1 is 1.50 bits per heavy atom. The van der Waals surface area contributed by atoms with Crippen molar-refractivity contribution in [3.05, 3.63) is 28.0 Å². The second kappa shape index (κ2) is 4.81. The molecule has 0 aliphatic heterocycles. The molecule has 1 atom stereocenters. The minimum absolute atomic E-state index is 0.101.